The van der Waals surface area contributed by atoms with Crippen molar-refractivity contribution in [1.29, 1.82) is 0 Å². The van der Waals surface area contributed by atoms with Crippen molar-refractivity contribution in [3.8, 4) is 0 Å². The Labute approximate surface area is 105 Å². The van der Waals surface area contributed by atoms with Crippen LogP contribution in [0, 0.1) is 16.0 Å². The van der Waals surface area contributed by atoms with Gasteiger partial charge in [0.05, 0.1) is 9.95 Å². The van der Waals surface area contributed by atoms with Crippen LogP contribution in [0.25, 0.3) is 0 Å². The van der Waals surface area contributed by atoms with Crippen LogP contribution in [0.1, 0.15) is 25.8 Å². The highest BCUT2D eigenvalue weighted by Gasteiger charge is 2.21. The molecule has 0 amide bonds. The van der Waals surface area contributed by atoms with Gasteiger partial charge in [0.1, 0.15) is 5.78 Å². The zero-order valence-corrected chi connectivity index (χ0v) is 10.5. The van der Waals surface area contributed by atoms with Crippen molar-refractivity contribution in [3.63, 3.8) is 0 Å². The van der Waals surface area contributed by atoms with Crippen molar-refractivity contribution < 1.29 is 9.72 Å². The molecule has 1 aromatic carbocycles. The van der Waals surface area contributed by atoms with Gasteiger partial charge in [0, 0.05) is 24.0 Å². The highest BCUT2D eigenvalue weighted by atomic mass is 35.5. The minimum absolute atomic E-state index is 0.0201. The largest absolute Gasteiger partial charge is 0.299 e. The average molecular weight is 256 g/mol. The molecular formula is C12H14ClNO3. The molecule has 0 bridgehead atoms. The van der Waals surface area contributed by atoms with Gasteiger partial charge in [0.25, 0.3) is 5.69 Å². The summed E-state index contributed by atoms with van der Waals surface area (Å²) >= 11 is 5.95. The Morgan fingerprint density at radius 3 is 2.71 bits per heavy atom. The summed E-state index contributed by atoms with van der Waals surface area (Å²) in [6, 6.07) is 4.55. The molecular weight excluding hydrogens is 242 g/mol. The van der Waals surface area contributed by atoms with Crippen LogP contribution < -0.4 is 0 Å². The van der Waals surface area contributed by atoms with Gasteiger partial charge >= 0.3 is 0 Å². The number of benzene rings is 1. The van der Waals surface area contributed by atoms with Gasteiger partial charge < -0.3 is 0 Å². The molecule has 4 nitrogen and oxygen atoms in total. The highest BCUT2D eigenvalue weighted by molar-refractivity contribution is 6.31. The monoisotopic (exact) mass is 255 g/mol. The summed E-state index contributed by atoms with van der Waals surface area (Å²) in [6.07, 6.45) is 0.738. The second-order valence-corrected chi connectivity index (χ2v) is 4.33. The molecule has 1 unspecified atom stereocenters. The minimum atomic E-state index is -0.468. The van der Waals surface area contributed by atoms with Crippen molar-refractivity contribution >= 4 is 23.1 Å². The van der Waals surface area contributed by atoms with E-state index in [1.165, 1.54) is 12.1 Å². The lowest BCUT2D eigenvalue weighted by atomic mass is 9.95. The topological polar surface area (TPSA) is 60.2 Å². The number of carbonyl (C=O) groups is 1. The molecule has 0 radical (unpaired) electrons. The predicted molar refractivity (Wildman–Crippen MR) is 66.3 cm³/mol. The average Bonchev–Trinajstić information content (AvgIpc) is 2.30. The molecule has 0 aliphatic carbocycles. The molecule has 0 N–H and O–H groups in total. The fraction of sp³-hybridized carbons (Fsp3) is 0.417. The quantitative estimate of drug-likeness (QED) is 0.598. The van der Waals surface area contributed by atoms with Crippen LogP contribution in [0.2, 0.25) is 5.02 Å². The van der Waals surface area contributed by atoms with E-state index in [4.69, 9.17) is 11.6 Å². The molecule has 1 rings (SSSR count). The second-order valence-electron chi connectivity index (χ2n) is 3.92. The third-order valence-corrected chi connectivity index (χ3v) is 3.05. The van der Waals surface area contributed by atoms with Crippen molar-refractivity contribution in [2.24, 2.45) is 5.92 Å². The van der Waals surface area contributed by atoms with Crippen LogP contribution in [-0.2, 0) is 11.2 Å². The molecule has 0 aromatic heterocycles. The lowest BCUT2D eigenvalue weighted by Gasteiger charge is -2.10. The molecule has 0 aliphatic rings. The number of ketones is 1. The van der Waals surface area contributed by atoms with Gasteiger partial charge in [0.2, 0.25) is 0 Å². The van der Waals surface area contributed by atoms with Gasteiger partial charge in [-0.25, -0.2) is 0 Å². The first-order valence-corrected chi connectivity index (χ1v) is 5.79. The summed E-state index contributed by atoms with van der Waals surface area (Å²) < 4.78 is 0. The molecule has 0 heterocycles. The van der Waals surface area contributed by atoms with Gasteiger partial charge in [-0.3, -0.25) is 14.9 Å². The molecule has 0 fully saturated rings. The van der Waals surface area contributed by atoms with Crippen LogP contribution >= 0.6 is 11.6 Å². The van der Waals surface area contributed by atoms with Gasteiger partial charge in [-0.1, -0.05) is 31.5 Å². The number of nitro groups is 1. The van der Waals surface area contributed by atoms with Gasteiger partial charge in [-0.2, -0.15) is 0 Å². The maximum absolute atomic E-state index is 11.5. The van der Waals surface area contributed by atoms with Crippen LogP contribution in [0.15, 0.2) is 18.2 Å². The van der Waals surface area contributed by atoms with Gasteiger partial charge in [-0.05, 0) is 12.5 Å². The maximum Gasteiger partial charge on any atom is 0.274 e. The number of Topliss-reactive ketones (excluding diaryl/α,β-unsaturated/α-hetero) is 1. The number of hydrogen-bond donors (Lipinski definition) is 0. The van der Waals surface area contributed by atoms with Crippen molar-refractivity contribution in [2.75, 3.05) is 0 Å². The standard InChI is InChI=1S/C12H14ClNO3/c1-3-12(15)8(2)7-9-10(13)5-4-6-11(9)14(16)17/h4-6,8H,3,7H2,1-2H3. The van der Waals surface area contributed by atoms with E-state index in [1.54, 1.807) is 19.9 Å². The van der Waals surface area contributed by atoms with Crippen LogP contribution in [0.4, 0.5) is 5.69 Å². The molecule has 5 heteroatoms. The Hall–Kier alpha value is -1.42. The number of nitrogens with zero attached hydrogens (tertiary/aromatic N) is 1. The fourth-order valence-electron chi connectivity index (χ4n) is 1.69. The SMILES string of the molecule is CCC(=O)C(C)Cc1c(Cl)cccc1[N+](=O)[O-]. The molecule has 1 atom stereocenters. The van der Waals surface area contributed by atoms with E-state index in [0.717, 1.165) is 0 Å². The third-order valence-electron chi connectivity index (χ3n) is 2.70. The molecule has 0 aliphatic heterocycles. The molecule has 0 saturated carbocycles. The first kappa shape index (κ1) is 13.6. The summed E-state index contributed by atoms with van der Waals surface area (Å²) in [5.41, 5.74) is 0.418. The fourth-order valence-corrected chi connectivity index (χ4v) is 1.94. The Kier molecular flexibility index (Phi) is 4.63. The van der Waals surface area contributed by atoms with Crippen molar-refractivity contribution in [1.82, 2.24) is 0 Å². The molecule has 92 valence electrons. The van der Waals surface area contributed by atoms with Crippen molar-refractivity contribution in [3.05, 3.63) is 38.9 Å². The Morgan fingerprint density at radius 2 is 2.18 bits per heavy atom. The van der Waals surface area contributed by atoms with Gasteiger partial charge in [-0.15, -0.1) is 0 Å². The normalized spacial score (nSPS) is 12.2. The zero-order valence-electron chi connectivity index (χ0n) is 9.77. The summed E-state index contributed by atoms with van der Waals surface area (Å²) in [5, 5.41) is 11.2. The van der Waals surface area contributed by atoms with E-state index >= 15 is 0 Å². The first-order valence-electron chi connectivity index (χ1n) is 5.41. The Bertz CT molecular complexity index is 445. The lowest BCUT2D eigenvalue weighted by molar-refractivity contribution is -0.385. The number of halogens is 1. The van der Waals surface area contributed by atoms with E-state index in [2.05, 4.69) is 0 Å². The lowest BCUT2D eigenvalue weighted by Crippen LogP contribution is -2.13. The number of hydrogen-bond acceptors (Lipinski definition) is 3. The zero-order chi connectivity index (χ0) is 13.0. The molecule has 17 heavy (non-hydrogen) atoms. The minimum Gasteiger partial charge on any atom is -0.299 e. The smallest absolute Gasteiger partial charge is 0.274 e. The van der Waals surface area contributed by atoms with Crippen molar-refractivity contribution in [2.45, 2.75) is 26.7 Å². The maximum atomic E-state index is 11.5. The summed E-state index contributed by atoms with van der Waals surface area (Å²) in [4.78, 5) is 21.9. The Morgan fingerprint density at radius 1 is 1.53 bits per heavy atom. The Balaban J connectivity index is 3.05. The predicted octanol–water partition coefficient (Wildman–Crippen LogP) is 3.41. The molecule has 0 saturated heterocycles. The first-order chi connectivity index (χ1) is 7.97. The van der Waals surface area contributed by atoms with E-state index in [1.807, 2.05) is 0 Å². The third kappa shape index (κ3) is 3.27. The van der Waals surface area contributed by atoms with E-state index in [-0.39, 0.29) is 17.4 Å². The summed E-state index contributed by atoms with van der Waals surface area (Å²) in [5.74, 6) is -0.169. The van der Waals surface area contributed by atoms with Crippen LogP contribution in [0.3, 0.4) is 0 Å². The summed E-state index contributed by atoms with van der Waals surface area (Å²) in [6.45, 7) is 3.54. The van der Waals surface area contributed by atoms with E-state index < -0.39 is 4.92 Å². The summed E-state index contributed by atoms with van der Waals surface area (Å²) in [7, 11) is 0. The van der Waals surface area contributed by atoms with E-state index in [9.17, 15) is 14.9 Å². The van der Waals surface area contributed by atoms with Gasteiger partial charge in [0.15, 0.2) is 0 Å². The number of nitro benzene ring substituents is 1. The molecule has 1 aromatic rings. The molecule has 0 spiro atoms. The van der Waals surface area contributed by atoms with Crippen LogP contribution in [-0.4, -0.2) is 10.7 Å². The van der Waals surface area contributed by atoms with Crippen LogP contribution in [0.5, 0.6) is 0 Å². The number of rotatable bonds is 5. The van der Waals surface area contributed by atoms with E-state index in [0.29, 0.717) is 23.4 Å². The second kappa shape index (κ2) is 5.77. The highest BCUT2D eigenvalue weighted by Crippen LogP contribution is 2.29. The number of carbonyl (C=O) groups excluding carboxylic acids is 1.